The van der Waals surface area contributed by atoms with Gasteiger partial charge in [-0.15, -0.1) is 0 Å². The molecule has 0 saturated carbocycles. The molecule has 2 rings (SSSR count). The number of aliphatic hydroxyl groups excluding tert-OH is 1. The predicted molar refractivity (Wildman–Crippen MR) is 58.0 cm³/mol. The van der Waals surface area contributed by atoms with Gasteiger partial charge in [0, 0.05) is 25.5 Å². The Labute approximate surface area is 93.8 Å². The van der Waals surface area contributed by atoms with Gasteiger partial charge < -0.3 is 10.8 Å². The number of aromatic nitrogens is 1. The molecule has 0 aromatic carbocycles. The molecule has 0 bridgehead atoms. The summed E-state index contributed by atoms with van der Waals surface area (Å²) >= 11 is 0. The summed E-state index contributed by atoms with van der Waals surface area (Å²) in [7, 11) is -3.62. The average Bonchev–Trinajstić information content (AvgIpc) is 2.66. The van der Waals surface area contributed by atoms with Gasteiger partial charge in [0.05, 0.1) is 11.8 Å². The SMILES string of the molecule is Nc1ccncc1S(=O)(=O)N1CCC(O)C1. The zero-order valence-corrected chi connectivity index (χ0v) is 9.39. The number of nitrogen functional groups attached to an aromatic ring is 1. The molecule has 2 heterocycles. The lowest BCUT2D eigenvalue weighted by atomic mass is 10.3. The highest BCUT2D eigenvalue weighted by atomic mass is 32.2. The molecule has 7 heteroatoms. The van der Waals surface area contributed by atoms with Gasteiger partial charge in [-0.05, 0) is 12.5 Å². The van der Waals surface area contributed by atoms with Crippen LogP contribution in [0.5, 0.6) is 0 Å². The van der Waals surface area contributed by atoms with Crippen LogP contribution in [0.3, 0.4) is 0 Å². The van der Waals surface area contributed by atoms with Crippen LogP contribution in [0.2, 0.25) is 0 Å². The van der Waals surface area contributed by atoms with Crippen molar-refractivity contribution in [2.75, 3.05) is 18.8 Å². The van der Waals surface area contributed by atoms with E-state index in [9.17, 15) is 13.5 Å². The Hall–Kier alpha value is -1.18. The lowest BCUT2D eigenvalue weighted by molar-refractivity contribution is 0.189. The Morgan fingerprint density at radius 1 is 1.56 bits per heavy atom. The van der Waals surface area contributed by atoms with Crippen LogP contribution in [0, 0.1) is 0 Å². The predicted octanol–water partition coefficient (Wildman–Crippen LogP) is -0.581. The summed E-state index contributed by atoms with van der Waals surface area (Å²) in [6.07, 6.45) is 2.54. The maximum Gasteiger partial charge on any atom is 0.246 e. The lowest BCUT2D eigenvalue weighted by Gasteiger charge is -2.16. The topological polar surface area (TPSA) is 96.5 Å². The summed E-state index contributed by atoms with van der Waals surface area (Å²) < 4.78 is 25.4. The number of hydrogen-bond donors (Lipinski definition) is 2. The van der Waals surface area contributed by atoms with Crippen LogP contribution in [0.15, 0.2) is 23.4 Å². The van der Waals surface area contributed by atoms with Gasteiger partial charge in [-0.2, -0.15) is 4.31 Å². The monoisotopic (exact) mass is 243 g/mol. The largest absolute Gasteiger partial charge is 0.398 e. The van der Waals surface area contributed by atoms with E-state index in [1.165, 1.54) is 22.8 Å². The first-order valence-corrected chi connectivity index (χ1v) is 6.33. The molecule has 1 fully saturated rings. The first-order valence-electron chi connectivity index (χ1n) is 4.89. The number of nitrogens with zero attached hydrogens (tertiary/aromatic N) is 2. The number of β-amino-alcohol motifs (C(OH)–C–C–N with tert-alkyl or cyclic N) is 1. The van der Waals surface area contributed by atoms with Crippen molar-refractivity contribution in [3.8, 4) is 0 Å². The maximum atomic E-state index is 12.1. The second kappa shape index (κ2) is 4.00. The Bertz CT molecular complexity index is 489. The standard InChI is InChI=1S/C9H13N3O3S/c10-8-1-3-11-5-9(8)16(14,15)12-4-2-7(13)6-12/h1,3,5,7,13H,2,4,6H2,(H2,10,11). The summed E-state index contributed by atoms with van der Waals surface area (Å²) in [5.74, 6) is 0. The van der Waals surface area contributed by atoms with Crippen molar-refractivity contribution in [2.45, 2.75) is 17.4 Å². The third kappa shape index (κ3) is 1.89. The minimum absolute atomic E-state index is 0.00380. The molecule has 1 aromatic rings. The van der Waals surface area contributed by atoms with Gasteiger partial charge in [0.25, 0.3) is 0 Å². The molecular weight excluding hydrogens is 230 g/mol. The molecule has 88 valence electrons. The van der Waals surface area contributed by atoms with Gasteiger partial charge in [-0.1, -0.05) is 0 Å². The first-order chi connectivity index (χ1) is 7.51. The fourth-order valence-corrected chi connectivity index (χ4v) is 3.23. The van der Waals surface area contributed by atoms with Gasteiger partial charge >= 0.3 is 0 Å². The van der Waals surface area contributed by atoms with Crippen molar-refractivity contribution in [3.63, 3.8) is 0 Å². The van der Waals surface area contributed by atoms with Crippen molar-refractivity contribution in [3.05, 3.63) is 18.5 Å². The molecule has 6 nitrogen and oxygen atoms in total. The van der Waals surface area contributed by atoms with E-state index in [0.717, 1.165) is 0 Å². The van der Waals surface area contributed by atoms with Crippen LogP contribution in [0.25, 0.3) is 0 Å². The quantitative estimate of drug-likeness (QED) is 0.724. The Balaban J connectivity index is 2.36. The second-order valence-corrected chi connectivity index (χ2v) is 5.63. The van der Waals surface area contributed by atoms with Gasteiger partial charge in [0.1, 0.15) is 4.90 Å². The highest BCUT2D eigenvalue weighted by Crippen LogP contribution is 2.24. The lowest BCUT2D eigenvalue weighted by Crippen LogP contribution is -2.30. The number of hydrogen-bond acceptors (Lipinski definition) is 5. The third-order valence-corrected chi connectivity index (χ3v) is 4.47. The Morgan fingerprint density at radius 2 is 2.31 bits per heavy atom. The first kappa shape index (κ1) is 11.3. The molecule has 1 aliphatic rings. The van der Waals surface area contributed by atoms with Crippen LogP contribution in [-0.2, 0) is 10.0 Å². The third-order valence-electron chi connectivity index (χ3n) is 2.56. The van der Waals surface area contributed by atoms with Gasteiger partial charge in [0.15, 0.2) is 0 Å². The van der Waals surface area contributed by atoms with Crippen LogP contribution in [0.4, 0.5) is 5.69 Å². The molecule has 1 atom stereocenters. The van der Waals surface area contributed by atoms with Crippen LogP contribution >= 0.6 is 0 Å². The Morgan fingerprint density at radius 3 is 2.88 bits per heavy atom. The summed E-state index contributed by atoms with van der Waals surface area (Å²) in [6.45, 7) is 0.439. The molecule has 3 N–H and O–H groups in total. The summed E-state index contributed by atoms with van der Waals surface area (Å²) in [6, 6.07) is 1.44. The van der Waals surface area contributed by atoms with Gasteiger partial charge in [0.2, 0.25) is 10.0 Å². The number of pyridine rings is 1. The van der Waals surface area contributed by atoms with E-state index in [1.807, 2.05) is 0 Å². The van der Waals surface area contributed by atoms with Crippen LogP contribution in [-0.4, -0.2) is 42.0 Å². The van der Waals surface area contributed by atoms with Crippen molar-refractivity contribution in [1.82, 2.24) is 9.29 Å². The fourth-order valence-electron chi connectivity index (χ4n) is 1.67. The molecule has 0 aliphatic carbocycles. The van der Waals surface area contributed by atoms with E-state index < -0.39 is 16.1 Å². The molecule has 0 spiro atoms. The number of rotatable bonds is 2. The number of anilines is 1. The average molecular weight is 243 g/mol. The molecule has 1 aliphatic heterocycles. The summed E-state index contributed by atoms with van der Waals surface area (Å²) in [5.41, 5.74) is 5.78. The minimum atomic E-state index is -3.62. The summed E-state index contributed by atoms with van der Waals surface area (Å²) in [4.78, 5) is 3.76. The van der Waals surface area contributed by atoms with Gasteiger partial charge in [-0.3, -0.25) is 4.98 Å². The smallest absolute Gasteiger partial charge is 0.246 e. The van der Waals surface area contributed by atoms with Crippen molar-refractivity contribution in [1.29, 1.82) is 0 Å². The van der Waals surface area contributed by atoms with Crippen LogP contribution < -0.4 is 5.73 Å². The van der Waals surface area contributed by atoms with Crippen molar-refractivity contribution >= 4 is 15.7 Å². The van der Waals surface area contributed by atoms with E-state index in [2.05, 4.69) is 4.98 Å². The molecule has 1 unspecified atom stereocenters. The zero-order valence-electron chi connectivity index (χ0n) is 8.57. The van der Waals surface area contributed by atoms with E-state index in [1.54, 1.807) is 0 Å². The fraction of sp³-hybridized carbons (Fsp3) is 0.444. The van der Waals surface area contributed by atoms with E-state index in [-0.39, 0.29) is 17.1 Å². The number of nitrogens with two attached hydrogens (primary N) is 1. The summed E-state index contributed by atoms with van der Waals surface area (Å²) in [5, 5.41) is 9.33. The van der Waals surface area contributed by atoms with Crippen molar-refractivity contribution < 1.29 is 13.5 Å². The van der Waals surface area contributed by atoms with E-state index in [4.69, 9.17) is 5.73 Å². The zero-order chi connectivity index (χ0) is 11.8. The number of sulfonamides is 1. The van der Waals surface area contributed by atoms with Crippen LogP contribution in [0.1, 0.15) is 6.42 Å². The minimum Gasteiger partial charge on any atom is -0.398 e. The second-order valence-electron chi connectivity index (χ2n) is 3.72. The highest BCUT2D eigenvalue weighted by molar-refractivity contribution is 7.89. The highest BCUT2D eigenvalue weighted by Gasteiger charge is 2.32. The Kier molecular flexibility index (Phi) is 2.83. The van der Waals surface area contributed by atoms with E-state index in [0.29, 0.717) is 13.0 Å². The normalized spacial score (nSPS) is 22.4. The molecule has 1 saturated heterocycles. The van der Waals surface area contributed by atoms with Crippen molar-refractivity contribution in [2.24, 2.45) is 0 Å². The maximum absolute atomic E-state index is 12.1. The number of aliphatic hydroxyl groups is 1. The van der Waals surface area contributed by atoms with Gasteiger partial charge in [-0.25, -0.2) is 8.42 Å². The molecule has 16 heavy (non-hydrogen) atoms. The molecule has 0 radical (unpaired) electrons. The van der Waals surface area contributed by atoms with E-state index >= 15 is 0 Å². The molecule has 1 aromatic heterocycles. The molecular formula is C9H13N3O3S. The molecule has 0 amide bonds.